The fourth-order valence-electron chi connectivity index (χ4n) is 5.64. The van der Waals surface area contributed by atoms with E-state index in [0.717, 1.165) is 0 Å². The molecule has 3 N–H and O–H groups in total. The lowest BCUT2D eigenvalue weighted by molar-refractivity contribution is -0.239. The van der Waals surface area contributed by atoms with Crippen LogP contribution < -0.4 is 0 Å². The van der Waals surface area contributed by atoms with Crippen LogP contribution in [-0.4, -0.2) is 53.5 Å². The van der Waals surface area contributed by atoms with Gasteiger partial charge in [0.05, 0.1) is 25.7 Å². The molecule has 0 bridgehead atoms. The minimum atomic E-state index is -1.74. The topological polar surface area (TPSA) is 98.3 Å². The van der Waals surface area contributed by atoms with E-state index in [2.05, 4.69) is 0 Å². The minimum absolute atomic E-state index is 0.314. The van der Waals surface area contributed by atoms with Gasteiger partial charge in [-0.1, -0.05) is 91.0 Å². The highest BCUT2D eigenvalue weighted by Crippen LogP contribution is 2.60. The van der Waals surface area contributed by atoms with Crippen LogP contribution in [0.5, 0.6) is 0 Å². The average molecular weight is 461 g/mol. The smallest absolute Gasteiger partial charge is 0.127 e. The number of rotatable bonds is 9. The normalized spacial score (nSPS) is 29.2. The summed E-state index contributed by atoms with van der Waals surface area (Å²) in [7, 11) is 0. The first kappa shape index (κ1) is 21.9. The third-order valence-corrected chi connectivity index (χ3v) is 7.50. The van der Waals surface area contributed by atoms with E-state index in [9.17, 15) is 15.3 Å². The third kappa shape index (κ3) is 3.33. The second kappa shape index (κ2) is 7.99. The highest BCUT2D eigenvalue weighted by atomic mass is 16.6. The van der Waals surface area contributed by atoms with Crippen LogP contribution in [0.4, 0.5) is 0 Å². The summed E-state index contributed by atoms with van der Waals surface area (Å²) < 4.78 is 17.2. The summed E-state index contributed by atoms with van der Waals surface area (Å²) in [5, 5.41) is 38.0. The molecule has 3 heterocycles. The number of hydrogen-bond donors (Lipinski definition) is 3. The van der Waals surface area contributed by atoms with Gasteiger partial charge in [-0.25, -0.2) is 0 Å². The molecular formula is C28H28O6. The molecule has 0 radical (unpaired) electrons. The van der Waals surface area contributed by atoms with Gasteiger partial charge < -0.3 is 29.5 Å². The highest BCUT2D eigenvalue weighted by Gasteiger charge is 2.72. The summed E-state index contributed by atoms with van der Waals surface area (Å²) in [5.41, 5.74) is -3.54. The maximum Gasteiger partial charge on any atom is 0.127 e. The second-order valence-electron chi connectivity index (χ2n) is 9.47. The van der Waals surface area contributed by atoms with Crippen molar-refractivity contribution in [3.63, 3.8) is 0 Å². The van der Waals surface area contributed by atoms with E-state index in [1.165, 1.54) is 0 Å². The lowest BCUT2D eigenvalue weighted by Crippen LogP contribution is -2.64. The molecule has 3 saturated heterocycles. The van der Waals surface area contributed by atoms with Gasteiger partial charge in [-0.2, -0.15) is 0 Å². The minimum Gasteiger partial charge on any atom is -0.382 e. The van der Waals surface area contributed by atoms with Crippen LogP contribution in [0.3, 0.4) is 0 Å². The fourth-order valence-corrected chi connectivity index (χ4v) is 5.64. The van der Waals surface area contributed by atoms with E-state index in [0.29, 0.717) is 36.5 Å². The quantitative estimate of drug-likeness (QED) is 0.425. The van der Waals surface area contributed by atoms with Gasteiger partial charge in [0.1, 0.15) is 35.1 Å². The SMILES string of the molecule is OC(c1ccccc1)(C1CO1)C(C(O)(c1ccccc1)C1CO1)C(O)(c1ccccc1)C1CO1. The van der Waals surface area contributed by atoms with Gasteiger partial charge in [0.25, 0.3) is 0 Å². The van der Waals surface area contributed by atoms with Crippen molar-refractivity contribution in [2.75, 3.05) is 19.8 Å². The molecule has 3 aliphatic rings. The van der Waals surface area contributed by atoms with E-state index in [-0.39, 0.29) is 0 Å². The Kier molecular flexibility index (Phi) is 5.15. The zero-order valence-electron chi connectivity index (χ0n) is 18.7. The number of aliphatic hydroxyl groups is 3. The summed E-state index contributed by atoms with van der Waals surface area (Å²) >= 11 is 0. The molecule has 6 heteroatoms. The Morgan fingerprint density at radius 3 is 0.941 bits per heavy atom. The number of epoxide rings is 3. The summed E-state index contributed by atoms with van der Waals surface area (Å²) in [6.45, 7) is 0.943. The predicted molar refractivity (Wildman–Crippen MR) is 124 cm³/mol. The second-order valence-corrected chi connectivity index (χ2v) is 9.47. The van der Waals surface area contributed by atoms with E-state index >= 15 is 0 Å². The number of ether oxygens (including phenoxy) is 3. The Bertz CT molecular complexity index is 983. The predicted octanol–water partition coefficient (Wildman–Crippen LogP) is 2.46. The molecule has 0 aliphatic carbocycles. The molecule has 0 aromatic heterocycles. The highest BCUT2D eigenvalue weighted by molar-refractivity contribution is 5.40. The Morgan fingerprint density at radius 2 is 0.735 bits per heavy atom. The molecule has 3 aliphatic heterocycles. The molecule has 6 nitrogen and oxygen atoms in total. The number of hydrogen-bond acceptors (Lipinski definition) is 6. The first-order valence-electron chi connectivity index (χ1n) is 11.7. The molecular weight excluding hydrogens is 432 g/mol. The maximum absolute atomic E-state index is 12.7. The van der Waals surface area contributed by atoms with Crippen LogP contribution in [0.25, 0.3) is 0 Å². The molecule has 3 aromatic carbocycles. The van der Waals surface area contributed by atoms with Crippen molar-refractivity contribution in [2.45, 2.75) is 35.1 Å². The zero-order valence-corrected chi connectivity index (χ0v) is 18.7. The van der Waals surface area contributed by atoms with Crippen LogP contribution >= 0.6 is 0 Å². The number of benzene rings is 3. The van der Waals surface area contributed by atoms with Gasteiger partial charge in [0.2, 0.25) is 0 Å². The van der Waals surface area contributed by atoms with Crippen molar-refractivity contribution in [3.8, 4) is 0 Å². The lowest BCUT2D eigenvalue weighted by atomic mass is 9.57. The fraction of sp³-hybridized carbons (Fsp3) is 0.357. The van der Waals surface area contributed by atoms with Crippen molar-refractivity contribution in [3.05, 3.63) is 108 Å². The standard InChI is InChI=1S/C28H28O6/c29-26(22-16-32-22,19-10-4-1-5-11-19)25(27(30,23-17-33-23)20-12-6-2-7-13-20)28(31,24-18-34-24)21-14-8-3-9-15-21/h1-15,22-25,29-31H,16-18H2. The third-order valence-electron chi connectivity index (χ3n) is 7.50. The molecule has 6 atom stereocenters. The molecule has 6 rings (SSSR count). The van der Waals surface area contributed by atoms with E-state index < -0.39 is 41.0 Å². The van der Waals surface area contributed by atoms with Crippen LogP contribution in [0.2, 0.25) is 0 Å². The van der Waals surface area contributed by atoms with Crippen molar-refractivity contribution >= 4 is 0 Å². The molecule has 3 aromatic rings. The Morgan fingerprint density at radius 1 is 0.500 bits per heavy atom. The van der Waals surface area contributed by atoms with Crippen molar-refractivity contribution in [2.24, 2.45) is 5.92 Å². The summed E-state index contributed by atoms with van der Waals surface area (Å²) in [6.07, 6.45) is -1.83. The molecule has 0 saturated carbocycles. The summed E-state index contributed by atoms with van der Waals surface area (Å²) in [5.74, 6) is -1.17. The van der Waals surface area contributed by atoms with Crippen LogP contribution in [-0.2, 0) is 31.0 Å². The Labute approximate surface area is 198 Å². The first-order valence-corrected chi connectivity index (χ1v) is 11.7. The molecule has 3 fully saturated rings. The summed E-state index contributed by atoms with van der Waals surface area (Å²) in [6, 6.07) is 27.5. The van der Waals surface area contributed by atoms with Gasteiger partial charge in [-0.3, -0.25) is 0 Å². The van der Waals surface area contributed by atoms with Crippen molar-refractivity contribution in [1.29, 1.82) is 0 Å². The summed E-state index contributed by atoms with van der Waals surface area (Å²) in [4.78, 5) is 0. The van der Waals surface area contributed by atoms with Gasteiger partial charge >= 0.3 is 0 Å². The van der Waals surface area contributed by atoms with Crippen LogP contribution in [0, 0.1) is 5.92 Å². The maximum atomic E-state index is 12.7. The average Bonchev–Trinajstić information content (AvgIpc) is 3.75. The van der Waals surface area contributed by atoms with E-state index in [4.69, 9.17) is 14.2 Å². The molecule has 34 heavy (non-hydrogen) atoms. The van der Waals surface area contributed by atoms with Crippen LogP contribution in [0.1, 0.15) is 16.7 Å². The molecule has 6 unspecified atom stereocenters. The van der Waals surface area contributed by atoms with Gasteiger partial charge in [-0.15, -0.1) is 0 Å². The Balaban J connectivity index is 1.65. The monoisotopic (exact) mass is 460 g/mol. The van der Waals surface area contributed by atoms with E-state index in [1.54, 1.807) is 0 Å². The van der Waals surface area contributed by atoms with Crippen LogP contribution in [0.15, 0.2) is 91.0 Å². The van der Waals surface area contributed by atoms with Crippen molar-refractivity contribution in [1.82, 2.24) is 0 Å². The first-order chi connectivity index (χ1) is 16.5. The largest absolute Gasteiger partial charge is 0.382 e. The zero-order chi connectivity index (χ0) is 23.4. The molecule has 0 spiro atoms. The van der Waals surface area contributed by atoms with E-state index in [1.807, 2.05) is 91.0 Å². The molecule has 176 valence electrons. The molecule has 0 amide bonds. The van der Waals surface area contributed by atoms with Gasteiger partial charge in [0, 0.05) is 0 Å². The van der Waals surface area contributed by atoms with Gasteiger partial charge in [-0.05, 0) is 16.7 Å². The van der Waals surface area contributed by atoms with Gasteiger partial charge in [0.15, 0.2) is 0 Å². The lowest BCUT2D eigenvalue weighted by Gasteiger charge is -2.52. The Hall–Kier alpha value is -2.58. The van der Waals surface area contributed by atoms with Crippen molar-refractivity contribution < 1.29 is 29.5 Å².